The molecule has 0 radical (unpaired) electrons. The Morgan fingerprint density at radius 3 is 2.44 bits per heavy atom. The molecule has 3 rings (SSSR count). The molecule has 0 unspecified atom stereocenters. The minimum Gasteiger partial charge on any atom is -0.369 e. The summed E-state index contributed by atoms with van der Waals surface area (Å²) < 4.78 is 13.1. The monoisotopic (exact) mass is 363 g/mol. The van der Waals surface area contributed by atoms with Crippen molar-refractivity contribution in [1.82, 2.24) is 4.98 Å². The lowest BCUT2D eigenvalue weighted by Crippen LogP contribution is -2.27. The number of primary amides is 1. The molecule has 0 fully saturated rings. The highest BCUT2D eigenvalue weighted by atomic mass is 19.1. The van der Waals surface area contributed by atoms with Crippen LogP contribution < -0.4 is 11.1 Å². The molecule has 0 saturated heterocycles. The first-order valence-electron chi connectivity index (χ1n) is 8.71. The molecular formula is C22H22FN3O. The second-order valence-electron chi connectivity index (χ2n) is 7.12. The van der Waals surface area contributed by atoms with E-state index in [1.165, 1.54) is 12.1 Å². The molecule has 27 heavy (non-hydrogen) atoms. The van der Waals surface area contributed by atoms with Crippen molar-refractivity contribution >= 4 is 11.7 Å². The number of carbonyl (C=O) groups is 1. The maximum Gasteiger partial charge on any atom is 0.248 e. The maximum absolute atomic E-state index is 13.1. The zero-order valence-electron chi connectivity index (χ0n) is 15.4. The predicted octanol–water partition coefficient (Wildman–Crippen LogP) is 4.38. The van der Waals surface area contributed by atoms with E-state index in [2.05, 4.69) is 24.1 Å². The van der Waals surface area contributed by atoms with Crippen LogP contribution in [0.25, 0.3) is 11.1 Å². The van der Waals surface area contributed by atoms with Crippen LogP contribution in [0.2, 0.25) is 0 Å². The third kappa shape index (κ3) is 4.50. The number of rotatable bonds is 6. The van der Waals surface area contributed by atoms with E-state index in [1.54, 1.807) is 36.5 Å². The molecule has 0 aliphatic rings. The molecule has 2 aromatic carbocycles. The number of hydrogen-bond acceptors (Lipinski definition) is 3. The van der Waals surface area contributed by atoms with Gasteiger partial charge in [-0.25, -0.2) is 9.37 Å². The molecule has 0 saturated carbocycles. The lowest BCUT2D eigenvalue weighted by Gasteiger charge is -2.26. The van der Waals surface area contributed by atoms with E-state index >= 15 is 0 Å². The Balaban J connectivity index is 1.70. The molecule has 0 spiro atoms. The zero-order valence-corrected chi connectivity index (χ0v) is 15.4. The average molecular weight is 363 g/mol. The van der Waals surface area contributed by atoms with Gasteiger partial charge >= 0.3 is 0 Å². The van der Waals surface area contributed by atoms with Gasteiger partial charge in [-0.2, -0.15) is 0 Å². The number of hydrogen-bond donors (Lipinski definition) is 2. The number of nitrogens with zero attached hydrogens (tertiary/aromatic N) is 1. The summed E-state index contributed by atoms with van der Waals surface area (Å²) in [4.78, 5) is 15.8. The molecule has 0 aliphatic carbocycles. The Morgan fingerprint density at radius 1 is 1.07 bits per heavy atom. The molecule has 0 aliphatic heterocycles. The fraction of sp³-hybridized carbons (Fsp3) is 0.182. The quantitative estimate of drug-likeness (QED) is 0.683. The summed E-state index contributed by atoms with van der Waals surface area (Å²) in [5, 5.41) is 3.33. The van der Waals surface area contributed by atoms with Crippen LogP contribution in [-0.2, 0) is 5.41 Å². The zero-order chi connectivity index (χ0) is 19.4. The molecule has 0 atom stereocenters. The summed E-state index contributed by atoms with van der Waals surface area (Å²) in [5.74, 6) is 0.0614. The lowest BCUT2D eigenvalue weighted by molar-refractivity contribution is 0.100. The number of anilines is 1. The highest BCUT2D eigenvalue weighted by Gasteiger charge is 2.20. The third-order valence-electron chi connectivity index (χ3n) is 4.58. The summed E-state index contributed by atoms with van der Waals surface area (Å²) in [6, 6.07) is 17.6. The first-order chi connectivity index (χ1) is 12.8. The average Bonchev–Trinajstić information content (AvgIpc) is 2.67. The van der Waals surface area contributed by atoms with Crippen LogP contribution in [0, 0.1) is 5.82 Å². The van der Waals surface area contributed by atoms with Crippen LogP contribution >= 0.6 is 0 Å². The summed E-state index contributed by atoms with van der Waals surface area (Å²) in [7, 11) is 0. The van der Waals surface area contributed by atoms with Gasteiger partial charge in [-0.15, -0.1) is 0 Å². The summed E-state index contributed by atoms with van der Waals surface area (Å²) >= 11 is 0. The van der Waals surface area contributed by atoms with E-state index in [0.717, 1.165) is 22.5 Å². The number of carbonyl (C=O) groups excluding carboxylic acids is 1. The smallest absolute Gasteiger partial charge is 0.248 e. The van der Waals surface area contributed by atoms with Gasteiger partial charge in [-0.1, -0.05) is 38.1 Å². The fourth-order valence-corrected chi connectivity index (χ4v) is 2.84. The van der Waals surface area contributed by atoms with Gasteiger partial charge in [0.15, 0.2) is 0 Å². The topological polar surface area (TPSA) is 68.0 Å². The van der Waals surface area contributed by atoms with Crippen molar-refractivity contribution in [3.05, 3.63) is 83.8 Å². The number of nitrogens with two attached hydrogens (primary N) is 1. The first-order valence-corrected chi connectivity index (χ1v) is 8.71. The van der Waals surface area contributed by atoms with Gasteiger partial charge in [0.1, 0.15) is 11.6 Å². The van der Waals surface area contributed by atoms with Gasteiger partial charge in [0.25, 0.3) is 0 Å². The van der Waals surface area contributed by atoms with Crippen LogP contribution in [0.3, 0.4) is 0 Å². The van der Waals surface area contributed by atoms with Gasteiger partial charge < -0.3 is 11.1 Å². The molecule has 1 amide bonds. The number of benzene rings is 2. The Bertz CT molecular complexity index is 935. The molecule has 1 aromatic heterocycles. The SMILES string of the molecule is CC(C)(CNc1ccc(-c2cccc(C(N)=O)c2)cn1)c1ccc(F)cc1. The minimum atomic E-state index is -0.453. The van der Waals surface area contributed by atoms with Crippen LogP contribution in [0.1, 0.15) is 29.8 Å². The highest BCUT2D eigenvalue weighted by Crippen LogP contribution is 2.25. The Morgan fingerprint density at radius 2 is 1.81 bits per heavy atom. The molecule has 0 bridgehead atoms. The Kier molecular flexibility index (Phi) is 5.21. The number of aromatic nitrogens is 1. The van der Waals surface area contributed by atoms with E-state index in [1.807, 2.05) is 18.2 Å². The van der Waals surface area contributed by atoms with Crippen molar-refractivity contribution in [3.63, 3.8) is 0 Å². The highest BCUT2D eigenvalue weighted by molar-refractivity contribution is 5.94. The largest absolute Gasteiger partial charge is 0.369 e. The Labute approximate surface area is 158 Å². The number of halogens is 1. The van der Waals surface area contributed by atoms with Gasteiger partial charge in [0.2, 0.25) is 5.91 Å². The molecule has 3 N–H and O–H groups in total. The van der Waals surface area contributed by atoms with Gasteiger partial charge in [-0.3, -0.25) is 4.79 Å². The molecule has 1 heterocycles. The second kappa shape index (κ2) is 7.58. The molecule has 5 heteroatoms. The molecule has 4 nitrogen and oxygen atoms in total. The van der Waals surface area contributed by atoms with Crippen molar-refractivity contribution in [1.29, 1.82) is 0 Å². The lowest BCUT2D eigenvalue weighted by atomic mass is 9.84. The summed E-state index contributed by atoms with van der Waals surface area (Å²) in [6.07, 6.45) is 1.76. The number of amides is 1. The third-order valence-corrected chi connectivity index (χ3v) is 4.58. The van der Waals surface area contributed by atoms with E-state index in [0.29, 0.717) is 12.1 Å². The van der Waals surface area contributed by atoms with E-state index in [-0.39, 0.29) is 11.2 Å². The minimum absolute atomic E-state index is 0.177. The number of pyridine rings is 1. The summed E-state index contributed by atoms with van der Waals surface area (Å²) in [6.45, 7) is 4.84. The van der Waals surface area contributed by atoms with E-state index < -0.39 is 5.91 Å². The van der Waals surface area contributed by atoms with Crippen LogP contribution in [0.4, 0.5) is 10.2 Å². The van der Waals surface area contributed by atoms with Crippen LogP contribution in [-0.4, -0.2) is 17.4 Å². The molecular weight excluding hydrogens is 341 g/mol. The van der Waals surface area contributed by atoms with Crippen molar-refractivity contribution in [3.8, 4) is 11.1 Å². The van der Waals surface area contributed by atoms with Crippen LogP contribution in [0.15, 0.2) is 66.9 Å². The van der Waals surface area contributed by atoms with Crippen LogP contribution in [0.5, 0.6) is 0 Å². The van der Waals surface area contributed by atoms with E-state index in [4.69, 9.17) is 5.73 Å². The van der Waals surface area contributed by atoms with Gasteiger partial charge in [-0.05, 0) is 47.5 Å². The van der Waals surface area contributed by atoms with Crippen molar-refractivity contribution < 1.29 is 9.18 Å². The predicted molar refractivity (Wildman–Crippen MR) is 106 cm³/mol. The number of nitrogens with one attached hydrogen (secondary N) is 1. The van der Waals surface area contributed by atoms with Crippen molar-refractivity contribution in [2.75, 3.05) is 11.9 Å². The van der Waals surface area contributed by atoms with Gasteiger partial charge in [0.05, 0.1) is 0 Å². The Hall–Kier alpha value is -3.21. The first kappa shape index (κ1) is 18.6. The standard InChI is InChI=1S/C22H22FN3O/c1-22(2,18-7-9-19(23)10-8-18)14-26-20-11-6-17(13-25-20)15-4-3-5-16(12-15)21(24)27/h3-13H,14H2,1-2H3,(H2,24,27)(H,25,26). The fourth-order valence-electron chi connectivity index (χ4n) is 2.84. The van der Waals surface area contributed by atoms with Crippen molar-refractivity contribution in [2.45, 2.75) is 19.3 Å². The van der Waals surface area contributed by atoms with Gasteiger partial charge in [0, 0.05) is 29.3 Å². The second-order valence-corrected chi connectivity index (χ2v) is 7.12. The van der Waals surface area contributed by atoms with E-state index in [9.17, 15) is 9.18 Å². The molecule has 3 aromatic rings. The normalized spacial score (nSPS) is 11.2. The van der Waals surface area contributed by atoms with Crippen molar-refractivity contribution in [2.24, 2.45) is 5.73 Å². The molecule has 138 valence electrons. The maximum atomic E-state index is 13.1. The summed E-state index contributed by atoms with van der Waals surface area (Å²) in [5.41, 5.74) is 8.47.